The van der Waals surface area contributed by atoms with Gasteiger partial charge in [-0.2, -0.15) is 18.2 Å². The van der Waals surface area contributed by atoms with E-state index >= 15 is 0 Å². The number of aliphatic hydroxyl groups excluding tert-OH is 1. The molecule has 3 N–H and O–H groups in total. The van der Waals surface area contributed by atoms with Gasteiger partial charge >= 0.3 is 6.18 Å². The van der Waals surface area contributed by atoms with Crippen molar-refractivity contribution in [2.75, 3.05) is 17.2 Å². The third-order valence-corrected chi connectivity index (χ3v) is 7.35. The average molecular weight is 519 g/mol. The Kier molecular flexibility index (Phi) is 5.91. The highest BCUT2D eigenvalue weighted by molar-refractivity contribution is 7.16. The Labute approximate surface area is 206 Å². The number of aliphatic hydroxyl groups is 1. The van der Waals surface area contributed by atoms with Crippen LogP contribution in [0.1, 0.15) is 29.3 Å². The summed E-state index contributed by atoms with van der Waals surface area (Å²) in [4.78, 5) is 25.2. The highest BCUT2D eigenvalue weighted by atomic mass is 32.1. The van der Waals surface area contributed by atoms with Gasteiger partial charge in [-0.3, -0.25) is 10.1 Å². The molecule has 1 aromatic carbocycles. The van der Waals surface area contributed by atoms with Gasteiger partial charge in [-0.15, -0.1) is 11.3 Å². The molecule has 3 aromatic heterocycles. The van der Waals surface area contributed by atoms with E-state index in [0.717, 1.165) is 16.7 Å². The van der Waals surface area contributed by atoms with E-state index in [1.54, 1.807) is 13.1 Å². The van der Waals surface area contributed by atoms with Crippen molar-refractivity contribution in [3.8, 4) is 11.4 Å². The molecule has 1 aliphatic rings. The second kappa shape index (κ2) is 8.82. The first-order valence-corrected chi connectivity index (χ1v) is 11.9. The maximum Gasteiger partial charge on any atom is 0.399 e. The van der Waals surface area contributed by atoms with Gasteiger partial charge in [0, 0.05) is 28.9 Å². The minimum atomic E-state index is -4.37. The molecular weight excluding hydrogens is 497 g/mol. The molecule has 5 rings (SSSR count). The molecule has 0 bridgehead atoms. The number of thiazole rings is 1. The van der Waals surface area contributed by atoms with Crippen molar-refractivity contribution in [2.45, 2.75) is 44.4 Å². The summed E-state index contributed by atoms with van der Waals surface area (Å²) in [6, 6.07) is 7.33. The van der Waals surface area contributed by atoms with Crippen LogP contribution >= 0.6 is 11.3 Å². The monoisotopic (exact) mass is 518 g/mol. The van der Waals surface area contributed by atoms with Crippen molar-refractivity contribution in [1.82, 2.24) is 20.1 Å². The molecule has 1 atom stereocenters. The Bertz CT molecular complexity index is 1450. The van der Waals surface area contributed by atoms with E-state index in [0.29, 0.717) is 28.5 Å². The fourth-order valence-corrected chi connectivity index (χ4v) is 5.23. The number of aryl methyl sites for hydroxylation is 2. The molecule has 9 nitrogen and oxygen atoms in total. The summed E-state index contributed by atoms with van der Waals surface area (Å²) in [5.74, 6) is 0.481. The predicted octanol–water partition coefficient (Wildman–Crippen LogP) is 4.36. The van der Waals surface area contributed by atoms with Crippen LogP contribution in [0.15, 0.2) is 35.0 Å². The Morgan fingerprint density at radius 3 is 2.69 bits per heavy atom. The highest BCUT2D eigenvalue weighted by Crippen LogP contribution is 2.61. The van der Waals surface area contributed by atoms with E-state index in [9.17, 15) is 23.1 Å². The molecule has 0 aliphatic heterocycles. The first-order chi connectivity index (χ1) is 17.1. The topological polar surface area (TPSA) is 126 Å². The summed E-state index contributed by atoms with van der Waals surface area (Å²) in [6.07, 6.45) is -4.28. The van der Waals surface area contributed by atoms with Crippen LogP contribution in [0.3, 0.4) is 0 Å². The molecule has 3 heterocycles. The fraction of sp³-hybridized carbons (Fsp3) is 0.348. The first kappa shape index (κ1) is 24.1. The fourth-order valence-electron chi connectivity index (χ4n) is 4.00. The zero-order valence-electron chi connectivity index (χ0n) is 19.2. The summed E-state index contributed by atoms with van der Waals surface area (Å²) in [7, 11) is 0. The van der Waals surface area contributed by atoms with Gasteiger partial charge in [-0.25, -0.2) is 9.97 Å². The Hall–Kier alpha value is -3.58. The second-order valence-corrected chi connectivity index (χ2v) is 9.63. The Balaban J connectivity index is 1.28. The molecule has 0 radical (unpaired) electrons. The van der Waals surface area contributed by atoms with Gasteiger partial charge in [-0.05, 0) is 37.3 Å². The van der Waals surface area contributed by atoms with Crippen LogP contribution < -0.4 is 10.6 Å². The number of pyridine rings is 1. The summed E-state index contributed by atoms with van der Waals surface area (Å²) < 4.78 is 45.5. The number of nitrogens with zero attached hydrogens (tertiary/aromatic N) is 4. The summed E-state index contributed by atoms with van der Waals surface area (Å²) in [5.41, 5.74) is -0.946. The summed E-state index contributed by atoms with van der Waals surface area (Å²) in [6.45, 7) is 2.99. The van der Waals surface area contributed by atoms with Gasteiger partial charge in [0.1, 0.15) is 17.3 Å². The van der Waals surface area contributed by atoms with Crippen LogP contribution in [0, 0.1) is 13.8 Å². The smallest absolute Gasteiger partial charge is 0.381 e. The number of aromatic nitrogens is 4. The maximum absolute atomic E-state index is 13.5. The quantitative estimate of drug-likeness (QED) is 0.329. The molecule has 188 valence electrons. The number of alkyl halides is 3. The third kappa shape index (κ3) is 4.39. The molecule has 1 aliphatic carbocycles. The molecule has 4 aromatic rings. The van der Waals surface area contributed by atoms with Crippen LogP contribution in [0.4, 0.5) is 24.1 Å². The number of benzene rings is 1. The normalized spacial score (nSPS) is 15.6. The number of fused-ring (bicyclic) bond motifs is 1. The minimum Gasteiger partial charge on any atom is -0.381 e. The molecule has 1 amide bonds. The van der Waals surface area contributed by atoms with Gasteiger partial charge in [0.25, 0.3) is 5.91 Å². The van der Waals surface area contributed by atoms with E-state index in [1.807, 2.05) is 24.3 Å². The molecule has 1 saturated carbocycles. The van der Waals surface area contributed by atoms with E-state index in [4.69, 9.17) is 4.52 Å². The van der Waals surface area contributed by atoms with E-state index < -0.39 is 23.6 Å². The van der Waals surface area contributed by atoms with Crippen molar-refractivity contribution >= 4 is 39.0 Å². The summed E-state index contributed by atoms with van der Waals surface area (Å²) in [5, 5.41) is 21.3. The number of anilines is 2. The minimum absolute atomic E-state index is 0.00550. The van der Waals surface area contributed by atoms with Crippen LogP contribution in [-0.4, -0.2) is 49.9 Å². The maximum atomic E-state index is 13.5. The lowest BCUT2D eigenvalue weighted by Gasteiger charge is -2.17. The molecule has 0 spiro atoms. The number of rotatable bonds is 7. The van der Waals surface area contributed by atoms with E-state index in [-0.39, 0.29) is 35.1 Å². The highest BCUT2D eigenvalue weighted by Gasteiger charge is 2.65. The first-order valence-electron chi connectivity index (χ1n) is 11.0. The second-order valence-electron chi connectivity index (χ2n) is 8.63. The van der Waals surface area contributed by atoms with Crippen molar-refractivity contribution < 1.29 is 27.6 Å². The van der Waals surface area contributed by atoms with Crippen molar-refractivity contribution in [1.29, 1.82) is 0 Å². The summed E-state index contributed by atoms with van der Waals surface area (Å²) >= 11 is 0.793. The molecule has 36 heavy (non-hydrogen) atoms. The van der Waals surface area contributed by atoms with Gasteiger partial charge in [-0.1, -0.05) is 17.3 Å². The van der Waals surface area contributed by atoms with Crippen LogP contribution in [0.25, 0.3) is 22.2 Å². The molecule has 0 saturated heterocycles. The lowest BCUT2D eigenvalue weighted by atomic mass is 10.0. The van der Waals surface area contributed by atoms with Crippen LogP contribution in [0.2, 0.25) is 0 Å². The zero-order valence-corrected chi connectivity index (χ0v) is 20.0. The lowest BCUT2D eigenvalue weighted by Crippen LogP contribution is -2.33. The van der Waals surface area contributed by atoms with Gasteiger partial charge < -0.3 is 14.9 Å². The van der Waals surface area contributed by atoms with Crippen LogP contribution in [0.5, 0.6) is 0 Å². The van der Waals surface area contributed by atoms with Gasteiger partial charge in [0.05, 0.1) is 12.2 Å². The Morgan fingerprint density at radius 1 is 1.25 bits per heavy atom. The molecule has 1 fully saturated rings. The Morgan fingerprint density at radius 2 is 2.03 bits per heavy atom. The van der Waals surface area contributed by atoms with Gasteiger partial charge in [0.2, 0.25) is 11.7 Å². The SMILES string of the molecule is Cc1nc(-c2ccc3ccnc(NC[C@@H](O)C(=O)Nc4nc(C)c(C5(C(F)(F)F)CC5)s4)c3c2)no1. The standard InChI is InChI=1S/C23H21F3N6O3S/c1-11-17(22(6-7-22)23(24,25)26)36-21(29-11)31-20(34)16(33)10-28-19-15-9-14(18-30-12(2)35-32-18)4-3-13(15)5-8-27-19/h3-5,8-9,16,33H,6-7,10H2,1-2H3,(H,27,28)(H,29,31,34)/t16-/m1/s1. The largest absolute Gasteiger partial charge is 0.399 e. The number of hydrogen-bond acceptors (Lipinski definition) is 9. The average Bonchev–Trinajstić information content (AvgIpc) is 3.42. The number of nitrogens with one attached hydrogen (secondary N) is 2. The van der Waals surface area contributed by atoms with Crippen molar-refractivity contribution in [3.63, 3.8) is 0 Å². The van der Waals surface area contributed by atoms with Crippen molar-refractivity contribution in [3.05, 3.63) is 46.9 Å². The van der Waals surface area contributed by atoms with Gasteiger partial charge in [0.15, 0.2) is 5.13 Å². The van der Waals surface area contributed by atoms with E-state index in [2.05, 4.69) is 30.7 Å². The van der Waals surface area contributed by atoms with E-state index in [1.165, 1.54) is 6.92 Å². The number of hydrogen-bond donors (Lipinski definition) is 3. The third-order valence-electron chi connectivity index (χ3n) is 6.07. The lowest BCUT2D eigenvalue weighted by molar-refractivity contribution is -0.160. The zero-order chi connectivity index (χ0) is 25.7. The van der Waals surface area contributed by atoms with Crippen molar-refractivity contribution in [2.24, 2.45) is 0 Å². The predicted molar refractivity (Wildman–Crippen MR) is 127 cm³/mol. The van der Waals surface area contributed by atoms with Crippen LogP contribution in [-0.2, 0) is 10.2 Å². The molecule has 0 unspecified atom stereocenters. The molecular formula is C23H21F3N6O3S. The number of halogens is 3. The molecule has 13 heteroatoms. The number of carbonyl (C=O) groups excluding carboxylic acids is 1. The number of amides is 1. The number of carbonyl (C=O) groups is 1.